The quantitative estimate of drug-likeness (QED) is 0.0222. The van der Waals surface area contributed by atoms with Crippen molar-refractivity contribution >= 4 is 39.5 Å². The zero-order valence-electron chi connectivity index (χ0n) is 61.4. The van der Waals surface area contributed by atoms with Crippen LogP contribution in [0.5, 0.6) is 0 Å². The van der Waals surface area contributed by atoms with Crippen molar-refractivity contribution in [1.29, 1.82) is 0 Å². The first kappa shape index (κ1) is 92.1. The highest BCUT2D eigenvalue weighted by atomic mass is 31.2. The Kier molecular flexibility index (Phi) is 64.3. The Balaban J connectivity index is 5.19. The number of aliphatic hydroxyl groups is 1. The second-order valence-corrected chi connectivity index (χ2v) is 30.9. The molecule has 0 saturated carbocycles. The molecule has 0 aliphatic heterocycles. The van der Waals surface area contributed by atoms with Crippen molar-refractivity contribution < 1.29 is 80.2 Å². The standard InChI is InChI=1S/C75H146O17P2/c1-8-11-12-13-32-42-49-56-72(77)85-62-70(92-75(80)59-52-45-38-31-30-33-39-46-53-66(4)5)64-89-93(81,82)87-60-69(76)61-88-94(83,84)90-65-71(91-74(79)58-51-44-37-29-25-21-17-15-19-23-27-35-41-48-55-68(7)10-3)63-86-73(78)57-50-43-36-28-24-20-16-14-18-22-26-34-40-47-54-67(6)9-2/h66-71,76H,8-65H2,1-7H3,(H,81,82)(H,83,84)/t67?,68?,69-,70+,71+/m0/s1. The lowest BCUT2D eigenvalue weighted by atomic mass is 9.99. The molecule has 94 heavy (non-hydrogen) atoms. The van der Waals surface area contributed by atoms with Crippen LogP contribution in [0.15, 0.2) is 0 Å². The van der Waals surface area contributed by atoms with Gasteiger partial charge in [0.25, 0.3) is 0 Å². The van der Waals surface area contributed by atoms with Crippen molar-refractivity contribution in [3.63, 3.8) is 0 Å². The van der Waals surface area contributed by atoms with Crippen molar-refractivity contribution in [2.45, 2.75) is 401 Å². The molecule has 4 unspecified atom stereocenters. The molecule has 0 saturated heterocycles. The van der Waals surface area contributed by atoms with Crippen molar-refractivity contribution in [3.8, 4) is 0 Å². The molecule has 0 amide bonds. The van der Waals surface area contributed by atoms with Gasteiger partial charge in [0, 0.05) is 25.7 Å². The van der Waals surface area contributed by atoms with E-state index in [0.717, 1.165) is 120 Å². The number of unbranched alkanes of at least 4 members (excludes halogenated alkanes) is 39. The largest absolute Gasteiger partial charge is 0.472 e. The number of carbonyl (C=O) groups excluding carboxylic acids is 4. The predicted octanol–water partition coefficient (Wildman–Crippen LogP) is 21.8. The first-order chi connectivity index (χ1) is 45.3. The summed E-state index contributed by atoms with van der Waals surface area (Å²) in [4.78, 5) is 72.6. The molecule has 0 spiro atoms. The van der Waals surface area contributed by atoms with Gasteiger partial charge in [0.2, 0.25) is 0 Å². The summed E-state index contributed by atoms with van der Waals surface area (Å²) >= 11 is 0. The maximum Gasteiger partial charge on any atom is 0.472 e. The summed E-state index contributed by atoms with van der Waals surface area (Å²) in [5, 5.41) is 10.6. The second-order valence-electron chi connectivity index (χ2n) is 28.0. The molecule has 0 heterocycles. The average molecular weight is 1380 g/mol. The van der Waals surface area contributed by atoms with Crippen LogP contribution >= 0.6 is 15.6 Å². The fourth-order valence-corrected chi connectivity index (χ4v) is 12.9. The van der Waals surface area contributed by atoms with Gasteiger partial charge in [-0.25, -0.2) is 9.13 Å². The van der Waals surface area contributed by atoms with Crippen LogP contribution < -0.4 is 0 Å². The minimum atomic E-state index is -4.96. The summed E-state index contributed by atoms with van der Waals surface area (Å²) in [6.45, 7) is 11.9. The lowest BCUT2D eigenvalue weighted by Gasteiger charge is -2.21. The highest BCUT2D eigenvalue weighted by molar-refractivity contribution is 7.47. The lowest BCUT2D eigenvalue weighted by molar-refractivity contribution is -0.161. The molecule has 0 bridgehead atoms. The topological polar surface area (TPSA) is 237 Å². The summed E-state index contributed by atoms with van der Waals surface area (Å²) in [7, 11) is -9.90. The molecule has 0 fully saturated rings. The number of hydrogen-bond acceptors (Lipinski definition) is 15. The Hall–Kier alpha value is -1.94. The third-order valence-corrected chi connectivity index (χ3v) is 20.0. The van der Waals surface area contributed by atoms with Gasteiger partial charge in [-0.2, -0.15) is 0 Å². The molecule has 19 heteroatoms. The number of ether oxygens (including phenoxy) is 4. The van der Waals surface area contributed by atoms with E-state index in [4.69, 9.17) is 37.0 Å². The summed E-state index contributed by atoms with van der Waals surface area (Å²) < 4.78 is 68.4. The van der Waals surface area contributed by atoms with Gasteiger partial charge in [0.15, 0.2) is 12.2 Å². The molecule has 0 aliphatic carbocycles. The highest BCUT2D eigenvalue weighted by Gasteiger charge is 2.30. The van der Waals surface area contributed by atoms with Crippen molar-refractivity contribution in [2.24, 2.45) is 17.8 Å². The number of carbonyl (C=O) groups is 4. The maximum absolute atomic E-state index is 13.1. The van der Waals surface area contributed by atoms with E-state index >= 15 is 0 Å². The van der Waals surface area contributed by atoms with E-state index in [0.29, 0.717) is 25.7 Å². The van der Waals surface area contributed by atoms with Crippen molar-refractivity contribution in [1.82, 2.24) is 0 Å². The molecule has 0 radical (unpaired) electrons. The monoisotopic (exact) mass is 1380 g/mol. The molecule has 0 rings (SSSR count). The smallest absolute Gasteiger partial charge is 0.462 e. The fourth-order valence-electron chi connectivity index (χ4n) is 11.4. The summed E-state index contributed by atoms with van der Waals surface area (Å²) in [6.07, 6.45) is 51.4. The van der Waals surface area contributed by atoms with Crippen LogP contribution in [-0.4, -0.2) is 96.7 Å². The van der Waals surface area contributed by atoms with E-state index in [1.165, 1.54) is 180 Å². The van der Waals surface area contributed by atoms with E-state index in [1.54, 1.807) is 0 Å². The van der Waals surface area contributed by atoms with Crippen LogP contribution in [-0.2, 0) is 65.4 Å². The highest BCUT2D eigenvalue weighted by Crippen LogP contribution is 2.45. The first-order valence-corrected chi connectivity index (χ1v) is 41.9. The SMILES string of the molecule is CCCCCCCCCC(=O)OC[C@H](COP(=O)(O)OC[C@H](O)COP(=O)(O)OC[C@@H](COC(=O)CCCCCCCCCCCCCCCCC(C)CC)OC(=O)CCCCCCCCCCCCCCCCC(C)CC)OC(=O)CCCCCCCCCCC(C)C. The zero-order valence-corrected chi connectivity index (χ0v) is 63.2. The lowest BCUT2D eigenvalue weighted by Crippen LogP contribution is -2.30. The van der Waals surface area contributed by atoms with Crippen LogP contribution in [0.3, 0.4) is 0 Å². The number of esters is 4. The maximum atomic E-state index is 13.1. The second kappa shape index (κ2) is 65.7. The van der Waals surface area contributed by atoms with Gasteiger partial charge in [0.1, 0.15) is 19.3 Å². The normalized spacial score (nSPS) is 14.7. The Morgan fingerprint density at radius 1 is 0.309 bits per heavy atom. The molecular formula is C75H146O17P2. The first-order valence-electron chi connectivity index (χ1n) is 38.9. The minimum absolute atomic E-state index is 0.104. The molecule has 0 aliphatic rings. The van der Waals surface area contributed by atoms with Crippen LogP contribution in [0.2, 0.25) is 0 Å². The Bertz CT molecular complexity index is 1840. The summed E-state index contributed by atoms with van der Waals surface area (Å²) in [5.41, 5.74) is 0. The number of rotatable bonds is 73. The van der Waals surface area contributed by atoms with Gasteiger partial charge >= 0.3 is 39.5 Å². The van der Waals surface area contributed by atoms with Crippen LogP contribution in [0.1, 0.15) is 382 Å². The van der Waals surface area contributed by atoms with Gasteiger partial charge in [-0.3, -0.25) is 37.3 Å². The van der Waals surface area contributed by atoms with Gasteiger partial charge in [-0.1, -0.05) is 331 Å². The van der Waals surface area contributed by atoms with Crippen LogP contribution in [0.25, 0.3) is 0 Å². The number of aliphatic hydroxyl groups excluding tert-OH is 1. The molecule has 0 aromatic rings. The number of phosphoric acid groups is 2. The van der Waals surface area contributed by atoms with Gasteiger partial charge in [-0.15, -0.1) is 0 Å². The third-order valence-electron chi connectivity index (χ3n) is 18.1. The third kappa shape index (κ3) is 66.0. The molecule has 0 aromatic heterocycles. The fraction of sp³-hybridized carbons (Fsp3) is 0.947. The van der Waals surface area contributed by atoms with Crippen molar-refractivity contribution in [2.75, 3.05) is 39.6 Å². The molecule has 17 nitrogen and oxygen atoms in total. The summed E-state index contributed by atoms with van der Waals surface area (Å²) in [6, 6.07) is 0. The molecule has 558 valence electrons. The Morgan fingerprint density at radius 2 is 0.543 bits per heavy atom. The molecule has 0 aromatic carbocycles. The van der Waals surface area contributed by atoms with Crippen molar-refractivity contribution in [3.05, 3.63) is 0 Å². The van der Waals surface area contributed by atoms with E-state index in [9.17, 15) is 43.2 Å². The zero-order chi connectivity index (χ0) is 69.4. The predicted molar refractivity (Wildman–Crippen MR) is 381 cm³/mol. The minimum Gasteiger partial charge on any atom is -0.462 e. The van der Waals surface area contributed by atoms with Gasteiger partial charge in [0.05, 0.1) is 26.4 Å². The summed E-state index contributed by atoms with van der Waals surface area (Å²) in [5.74, 6) is 0.289. The molecule has 7 atom stereocenters. The molecule has 3 N–H and O–H groups in total. The number of hydrogen-bond donors (Lipinski definition) is 3. The molecular weight excluding hydrogens is 1230 g/mol. The Morgan fingerprint density at radius 3 is 0.809 bits per heavy atom. The van der Waals surface area contributed by atoms with E-state index in [2.05, 4.69) is 48.5 Å². The van der Waals surface area contributed by atoms with Gasteiger partial charge < -0.3 is 33.8 Å². The van der Waals surface area contributed by atoms with E-state index < -0.39 is 97.5 Å². The Labute approximate surface area is 575 Å². The average Bonchev–Trinajstić information content (AvgIpc) is 1.92. The van der Waals surface area contributed by atoms with E-state index in [1.807, 2.05) is 0 Å². The van der Waals surface area contributed by atoms with Gasteiger partial charge in [-0.05, 0) is 43.4 Å². The van der Waals surface area contributed by atoms with Crippen LogP contribution in [0, 0.1) is 17.8 Å². The van der Waals surface area contributed by atoms with E-state index in [-0.39, 0.29) is 25.7 Å². The van der Waals surface area contributed by atoms with Crippen LogP contribution in [0.4, 0.5) is 0 Å². The number of phosphoric ester groups is 2.